The largest absolute Gasteiger partial charge is 0.431 e. The summed E-state index contributed by atoms with van der Waals surface area (Å²) in [6.07, 6.45) is -4.62. The van der Waals surface area contributed by atoms with Crippen molar-refractivity contribution in [1.29, 1.82) is 0 Å². The lowest BCUT2D eigenvalue weighted by Gasteiger charge is -2.35. The average Bonchev–Trinajstić information content (AvgIpc) is 2.59. The van der Waals surface area contributed by atoms with Crippen molar-refractivity contribution in [3.63, 3.8) is 0 Å². The zero-order chi connectivity index (χ0) is 20.8. The molecule has 0 unspecified atom stereocenters. The number of rotatable bonds is 5. The van der Waals surface area contributed by atoms with Crippen LogP contribution in [0.15, 0.2) is 16.9 Å². The molecular weight excluding hydrogens is 361 g/mol. The average molecular weight is 390 g/mol. The van der Waals surface area contributed by atoms with E-state index >= 15 is 0 Å². The summed E-state index contributed by atoms with van der Waals surface area (Å²) >= 11 is 0. The molecule has 0 bridgehead atoms. The van der Waals surface area contributed by atoms with E-state index in [0.29, 0.717) is 17.7 Å². The van der Waals surface area contributed by atoms with Gasteiger partial charge in [0.25, 0.3) is 5.56 Å². The maximum atomic E-state index is 13.3. The molecule has 1 aromatic heterocycles. The Hall–Kier alpha value is -1.67. The third-order valence-corrected chi connectivity index (χ3v) is 4.22. The highest BCUT2D eigenvalue weighted by molar-refractivity contribution is 5.95. The first-order chi connectivity index (χ1) is 12.6. The Morgan fingerprint density at radius 3 is 2.19 bits per heavy atom. The molecule has 1 saturated heterocycles. The number of alkyl halides is 3. The van der Waals surface area contributed by atoms with Crippen LogP contribution in [0.5, 0.6) is 0 Å². The van der Waals surface area contributed by atoms with Crippen LogP contribution in [0.25, 0.3) is 0 Å². The molecule has 2 heterocycles. The van der Waals surface area contributed by atoms with Crippen LogP contribution in [0, 0.1) is 0 Å². The number of aromatic nitrogens is 1. The summed E-state index contributed by atoms with van der Waals surface area (Å²) in [7, 11) is 0. The Balaban J connectivity index is 0.00000176. The lowest BCUT2D eigenvalue weighted by molar-refractivity contribution is -0.144. The number of morpholine rings is 1. The minimum absolute atomic E-state index is 0.0180. The fraction of sp³-hybridized carbons (Fsp3) is 0.684. The van der Waals surface area contributed by atoms with Crippen LogP contribution in [0.2, 0.25) is 0 Å². The predicted octanol–water partition coefficient (Wildman–Crippen LogP) is 3.60. The van der Waals surface area contributed by atoms with Crippen molar-refractivity contribution < 1.29 is 22.7 Å². The van der Waals surface area contributed by atoms with Crippen molar-refractivity contribution in [2.24, 2.45) is 0 Å². The van der Waals surface area contributed by atoms with Gasteiger partial charge in [0.1, 0.15) is 5.69 Å². The van der Waals surface area contributed by atoms with E-state index in [0.717, 1.165) is 12.1 Å². The van der Waals surface area contributed by atoms with E-state index < -0.39 is 23.2 Å². The molecule has 2 atom stereocenters. The number of hydrogen-bond acceptors (Lipinski definition) is 4. The Bertz CT molecular complexity index is 676. The number of nitrogens with zero attached hydrogens (tertiary/aromatic N) is 2. The van der Waals surface area contributed by atoms with E-state index in [2.05, 4.69) is 0 Å². The summed E-state index contributed by atoms with van der Waals surface area (Å²) in [5, 5.41) is 0. The van der Waals surface area contributed by atoms with Gasteiger partial charge in [-0.05, 0) is 26.0 Å². The van der Waals surface area contributed by atoms with Gasteiger partial charge in [0.15, 0.2) is 5.78 Å². The van der Waals surface area contributed by atoms with Crippen LogP contribution in [0.1, 0.15) is 57.1 Å². The van der Waals surface area contributed by atoms with Gasteiger partial charge in [0, 0.05) is 32.6 Å². The Morgan fingerprint density at radius 2 is 1.70 bits per heavy atom. The van der Waals surface area contributed by atoms with Crippen LogP contribution in [-0.2, 0) is 17.5 Å². The van der Waals surface area contributed by atoms with Gasteiger partial charge >= 0.3 is 6.18 Å². The van der Waals surface area contributed by atoms with Crippen molar-refractivity contribution in [3.8, 4) is 0 Å². The molecule has 0 spiro atoms. The lowest BCUT2D eigenvalue weighted by Crippen LogP contribution is -2.47. The zero-order valence-electron chi connectivity index (χ0n) is 16.6. The second-order valence-corrected chi connectivity index (χ2v) is 6.38. The zero-order valence-corrected chi connectivity index (χ0v) is 16.6. The van der Waals surface area contributed by atoms with Crippen molar-refractivity contribution in [3.05, 3.63) is 33.7 Å². The van der Waals surface area contributed by atoms with E-state index in [9.17, 15) is 22.8 Å². The van der Waals surface area contributed by atoms with E-state index in [1.54, 1.807) is 6.92 Å². The molecule has 27 heavy (non-hydrogen) atoms. The molecular formula is C19H29F3N2O3. The number of pyridine rings is 1. The first kappa shape index (κ1) is 23.4. The molecule has 0 amide bonds. The van der Waals surface area contributed by atoms with Crippen molar-refractivity contribution in [1.82, 2.24) is 9.47 Å². The number of hydrogen-bond donors (Lipinski definition) is 0. The van der Waals surface area contributed by atoms with Crippen LogP contribution < -0.4 is 5.56 Å². The summed E-state index contributed by atoms with van der Waals surface area (Å²) in [5.74, 6) is -0.457. The number of Topliss-reactive ketones (excluding diaryl/α,β-unsaturated/α-hetero) is 1. The van der Waals surface area contributed by atoms with Gasteiger partial charge in [-0.1, -0.05) is 20.8 Å². The Morgan fingerprint density at radius 1 is 1.15 bits per heavy atom. The SMILES string of the molecule is CC.CCC(=O)c1ccc(C(F)(F)F)n(CCN2C[C@H](C)O[C@@H](C)C2)c1=O. The first-order valence-electron chi connectivity index (χ1n) is 9.35. The minimum atomic E-state index is -4.65. The molecule has 0 saturated carbocycles. The summed E-state index contributed by atoms with van der Waals surface area (Å²) in [5.41, 5.74) is -2.10. The molecule has 8 heteroatoms. The van der Waals surface area contributed by atoms with Crippen molar-refractivity contribution in [2.75, 3.05) is 19.6 Å². The molecule has 0 aromatic carbocycles. The fourth-order valence-electron chi connectivity index (χ4n) is 3.16. The number of ether oxygens (including phenoxy) is 1. The van der Waals surface area contributed by atoms with E-state index in [-0.39, 0.29) is 37.3 Å². The maximum absolute atomic E-state index is 13.3. The van der Waals surface area contributed by atoms with Crippen LogP contribution in [0.3, 0.4) is 0 Å². The van der Waals surface area contributed by atoms with Crippen LogP contribution in [0.4, 0.5) is 13.2 Å². The van der Waals surface area contributed by atoms with Gasteiger partial charge in [-0.3, -0.25) is 14.5 Å². The quantitative estimate of drug-likeness (QED) is 0.721. The number of carbonyl (C=O) groups is 1. The van der Waals surface area contributed by atoms with Gasteiger partial charge < -0.3 is 9.30 Å². The third-order valence-electron chi connectivity index (χ3n) is 4.22. The topological polar surface area (TPSA) is 51.5 Å². The Kier molecular flexibility index (Phi) is 8.68. The van der Waals surface area contributed by atoms with E-state index in [4.69, 9.17) is 4.74 Å². The molecule has 1 aliphatic heterocycles. The summed E-state index contributed by atoms with van der Waals surface area (Å²) in [6, 6.07) is 1.79. The third kappa shape index (κ3) is 6.17. The van der Waals surface area contributed by atoms with Gasteiger partial charge in [-0.2, -0.15) is 13.2 Å². The highest BCUT2D eigenvalue weighted by atomic mass is 19.4. The second-order valence-electron chi connectivity index (χ2n) is 6.38. The smallest absolute Gasteiger partial charge is 0.373 e. The molecule has 1 aromatic rings. The van der Waals surface area contributed by atoms with Crippen molar-refractivity contribution >= 4 is 5.78 Å². The minimum Gasteiger partial charge on any atom is -0.373 e. The summed E-state index contributed by atoms with van der Waals surface area (Å²) in [6.45, 7) is 10.7. The molecule has 0 N–H and O–H groups in total. The van der Waals surface area contributed by atoms with Gasteiger partial charge in [0.05, 0.1) is 17.8 Å². The first-order valence-corrected chi connectivity index (χ1v) is 9.35. The lowest BCUT2D eigenvalue weighted by atomic mass is 10.1. The second kappa shape index (κ2) is 10.0. The molecule has 2 rings (SSSR count). The molecule has 0 radical (unpaired) electrons. The van der Waals surface area contributed by atoms with Crippen LogP contribution >= 0.6 is 0 Å². The van der Waals surface area contributed by atoms with E-state index in [1.165, 1.54) is 0 Å². The monoisotopic (exact) mass is 390 g/mol. The Labute approximate surface area is 158 Å². The number of halogens is 3. The van der Waals surface area contributed by atoms with Gasteiger partial charge in [-0.15, -0.1) is 0 Å². The van der Waals surface area contributed by atoms with Gasteiger partial charge in [-0.25, -0.2) is 0 Å². The molecule has 5 nitrogen and oxygen atoms in total. The number of ketones is 1. The molecule has 1 fully saturated rings. The van der Waals surface area contributed by atoms with E-state index in [1.807, 2.05) is 32.6 Å². The molecule has 154 valence electrons. The standard InChI is InChI=1S/C17H23F3N2O3.C2H6/c1-4-14(23)13-5-6-15(17(18,19)20)22(16(13)24)8-7-21-9-11(2)25-12(3)10-21;1-2/h5-6,11-12H,4,7-10H2,1-3H3;1-2H3/t11-,12-;/m0./s1. The summed E-state index contributed by atoms with van der Waals surface area (Å²) < 4.78 is 46.0. The van der Waals surface area contributed by atoms with Crippen molar-refractivity contribution in [2.45, 2.75) is 66.0 Å². The summed E-state index contributed by atoms with van der Waals surface area (Å²) in [4.78, 5) is 26.2. The number of carbonyl (C=O) groups excluding carboxylic acids is 1. The van der Waals surface area contributed by atoms with Gasteiger partial charge in [0.2, 0.25) is 0 Å². The molecule has 0 aliphatic carbocycles. The fourth-order valence-corrected chi connectivity index (χ4v) is 3.16. The normalized spacial score (nSPS) is 20.7. The molecule has 1 aliphatic rings. The maximum Gasteiger partial charge on any atom is 0.431 e. The highest BCUT2D eigenvalue weighted by Crippen LogP contribution is 2.28. The highest BCUT2D eigenvalue weighted by Gasteiger charge is 2.35. The van der Waals surface area contributed by atoms with Crippen LogP contribution in [-0.4, -0.2) is 47.1 Å². The predicted molar refractivity (Wildman–Crippen MR) is 98.1 cm³/mol.